The second-order valence-electron chi connectivity index (χ2n) is 6.58. The molecule has 3 aromatic rings. The van der Waals surface area contributed by atoms with Gasteiger partial charge in [0.15, 0.2) is 0 Å². The van der Waals surface area contributed by atoms with Crippen LogP contribution in [0.25, 0.3) is 10.9 Å². The smallest absolute Gasteiger partial charge is 0.118 e. The number of hydrogen-bond donors (Lipinski definition) is 3. The van der Waals surface area contributed by atoms with E-state index in [0.29, 0.717) is 18.7 Å². The summed E-state index contributed by atoms with van der Waals surface area (Å²) in [6.45, 7) is 0.685. The first-order valence-corrected chi connectivity index (χ1v) is 8.84. The third kappa shape index (κ3) is 3.05. The number of nitrogens with one attached hydrogen (secondary N) is 1. The lowest BCUT2D eigenvalue weighted by molar-refractivity contribution is 0.156. The van der Waals surface area contributed by atoms with Crippen LogP contribution in [0.4, 0.5) is 5.69 Å². The molecule has 4 rings (SSSR count). The van der Waals surface area contributed by atoms with Crippen molar-refractivity contribution in [3.05, 3.63) is 65.4 Å². The predicted molar refractivity (Wildman–Crippen MR) is 99.9 cm³/mol. The zero-order chi connectivity index (χ0) is 17.2. The summed E-state index contributed by atoms with van der Waals surface area (Å²) in [4.78, 5) is 4.77. The molecule has 1 unspecified atom stereocenters. The van der Waals surface area contributed by atoms with Crippen LogP contribution in [0.2, 0.25) is 0 Å². The highest BCUT2D eigenvalue weighted by molar-refractivity contribution is 5.93. The average Bonchev–Trinajstić information content (AvgIpc) is 2.63. The summed E-state index contributed by atoms with van der Waals surface area (Å²) in [7, 11) is 0. The summed E-state index contributed by atoms with van der Waals surface area (Å²) in [6, 6.07) is 15.5. The minimum atomic E-state index is -0.464. The molecule has 1 aliphatic carbocycles. The zero-order valence-electron chi connectivity index (χ0n) is 14.1. The lowest BCUT2D eigenvalue weighted by Crippen LogP contribution is -2.16. The molecule has 0 saturated heterocycles. The number of aromatic nitrogens is 1. The van der Waals surface area contributed by atoms with Crippen LogP contribution in [0, 0.1) is 0 Å². The number of rotatable bonds is 4. The minimum Gasteiger partial charge on any atom is -0.508 e. The fourth-order valence-corrected chi connectivity index (χ4v) is 3.67. The lowest BCUT2D eigenvalue weighted by Gasteiger charge is -2.25. The van der Waals surface area contributed by atoms with Crippen LogP contribution in [-0.2, 0) is 12.8 Å². The van der Waals surface area contributed by atoms with Gasteiger partial charge in [0.1, 0.15) is 5.75 Å². The van der Waals surface area contributed by atoms with Gasteiger partial charge in [-0.25, -0.2) is 0 Å². The minimum absolute atomic E-state index is 0.325. The molecule has 1 atom stereocenters. The molecule has 0 spiro atoms. The SMILES string of the molecule is Oc1ccccc1CCNc1c2c(nc3ccccc13)CCCC2O. The third-order valence-electron chi connectivity index (χ3n) is 4.92. The number of hydrogen-bond acceptors (Lipinski definition) is 4. The van der Waals surface area contributed by atoms with Crippen LogP contribution in [0.1, 0.15) is 35.8 Å². The Balaban J connectivity index is 1.68. The molecule has 2 aromatic carbocycles. The molecule has 3 N–H and O–H groups in total. The highest BCUT2D eigenvalue weighted by Crippen LogP contribution is 2.38. The van der Waals surface area contributed by atoms with Gasteiger partial charge >= 0.3 is 0 Å². The van der Waals surface area contributed by atoms with Crippen LogP contribution < -0.4 is 5.32 Å². The third-order valence-corrected chi connectivity index (χ3v) is 4.92. The normalized spacial score (nSPS) is 16.6. The first kappa shape index (κ1) is 15.9. The van der Waals surface area contributed by atoms with Crippen molar-refractivity contribution in [2.24, 2.45) is 0 Å². The lowest BCUT2D eigenvalue weighted by atomic mass is 9.90. The van der Waals surface area contributed by atoms with Gasteiger partial charge in [0, 0.05) is 23.2 Å². The molecule has 1 aromatic heterocycles. The van der Waals surface area contributed by atoms with Crippen molar-refractivity contribution in [2.75, 3.05) is 11.9 Å². The number of fused-ring (bicyclic) bond motifs is 2. The number of aliphatic hydroxyl groups is 1. The summed E-state index contributed by atoms with van der Waals surface area (Å²) in [5.41, 5.74) is 4.82. The molecule has 4 heteroatoms. The van der Waals surface area contributed by atoms with Crippen molar-refractivity contribution in [2.45, 2.75) is 31.8 Å². The second kappa shape index (κ2) is 6.73. The summed E-state index contributed by atoms with van der Waals surface area (Å²) in [5, 5.41) is 25.0. The Kier molecular flexibility index (Phi) is 4.28. The maximum atomic E-state index is 10.5. The van der Waals surface area contributed by atoms with Gasteiger partial charge < -0.3 is 15.5 Å². The maximum Gasteiger partial charge on any atom is 0.118 e. The molecule has 4 nitrogen and oxygen atoms in total. The quantitative estimate of drug-likeness (QED) is 0.675. The predicted octanol–water partition coefficient (Wildman–Crippen LogP) is 3.96. The molecule has 128 valence electrons. The van der Waals surface area contributed by atoms with Crippen LogP contribution in [-0.4, -0.2) is 21.7 Å². The van der Waals surface area contributed by atoms with E-state index in [1.165, 1.54) is 0 Å². The van der Waals surface area contributed by atoms with E-state index in [1.54, 1.807) is 6.07 Å². The number of benzene rings is 2. The fraction of sp³-hybridized carbons (Fsp3) is 0.286. The maximum absolute atomic E-state index is 10.5. The molecule has 1 heterocycles. The molecule has 25 heavy (non-hydrogen) atoms. The highest BCUT2D eigenvalue weighted by atomic mass is 16.3. The van der Waals surface area contributed by atoms with Crippen molar-refractivity contribution < 1.29 is 10.2 Å². The number of phenolic OH excluding ortho intramolecular Hbond substituents is 1. The number of aryl methyl sites for hydroxylation is 1. The van der Waals surface area contributed by atoms with Crippen molar-refractivity contribution in [1.82, 2.24) is 4.98 Å². The number of aliphatic hydroxyl groups excluding tert-OH is 1. The van der Waals surface area contributed by atoms with Gasteiger partial charge in [-0.15, -0.1) is 0 Å². The van der Waals surface area contributed by atoms with Gasteiger partial charge in [-0.3, -0.25) is 4.98 Å². The second-order valence-corrected chi connectivity index (χ2v) is 6.58. The molecule has 1 aliphatic rings. The largest absolute Gasteiger partial charge is 0.508 e. The highest BCUT2D eigenvalue weighted by Gasteiger charge is 2.24. The van der Waals surface area contributed by atoms with E-state index in [0.717, 1.165) is 52.7 Å². The molecular weight excluding hydrogens is 312 g/mol. The van der Waals surface area contributed by atoms with Crippen molar-refractivity contribution in [1.29, 1.82) is 0 Å². The molecule has 0 fully saturated rings. The standard InChI is InChI=1S/C21H22N2O2/c24-18-10-4-1-6-14(18)12-13-22-21-15-7-2-3-8-16(15)23-17-9-5-11-19(25)20(17)21/h1-4,6-8,10,19,24-25H,5,9,11-13H2,(H,22,23). The molecule has 0 bridgehead atoms. The number of aromatic hydroxyl groups is 1. The summed E-state index contributed by atoms with van der Waals surface area (Å²) in [5.74, 6) is 0.325. The van der Waals surface area contributed by atoms with Crippen molar-refractivity contribution in [3.63, 3.8) is 0 Å². The zero-order valence-corrected chi connectivity index (χ0v) is 14.1. The van der Waals surface area contributed by atoms with E-state index in [-0.39, 0.29) is 0 Å². The number of nitrogens with zero attached hydrogens (tertiary/aromatic N) is 1. The number of phenols is 1. The Morgan fingerprint density at radius 2 is 1.88 bits per heavy atom. The Hall–Kier alpha value is -2.59. The molecular formula is C21H22N2O2. The van der Waals surface area contributed by atoms with Crippen LogP contribution in [0.3, 0.4) is 0 Å². The molecule has 0 amide bonds. The Bertz CT molecular complexity index is 908. The van der Waals surface area contributed by atoms with Crippen LogP contribution in [0.5, 0.6) is 5.75 Å². The van der Waals surface area contributed by atoms with Gasteiger partial charge in [-0.2, -0.15) is 0 Å². The monoisotopic (exact) mass is 334 g/mol. The fourth-order valence-electron chi connectivity index (χ4n) is 3.67. The molecule has 0 radical (unpaired) electrons. The Morgan fingerprint density at radius 1 is 1.08 bits per heavy atom. The van der Waals surface area contributed by atoms with E-state index < -0.39 is 6.10 Å². The summed E-state index contributed by atoms with van der Waals surface area (Å²) in [6.07, 6.45) is 2.91. The van der Waals surface area contributed by atoms with Gasteiger partial charge in [0.05, 0.1) is 17.3 Å². The number of para-hydroxylation sites is 2. The first-order chi connectivity index (χ1) is 12.2. The molecule has 0 saturated carbocycles. The van der Waals surface area contributed by atoms with Gasteiger partial charge in [-0.1, -0.05) is 36.4 Å². The van der Waals surface area contributed by atoms with E-state index in [2.05, 4.69) is 5.32 Å². The average molecular weight is 334 g/mol. The van der Waals surface area contributed by atoms with Gasteiger partial charge in [-0.05, 0) is 43.4 Å². The van der Waals surface area contributed by atoms with Crippen LogP contribution >= 0.6 is 0 Å². The van der Waals surface area contributed by atoms with Crippen LogP contribution in [0.15, 0.2) is 48.5 Å². The van der Waals surface area contributed by atoms with E-state index in [1.807, 2.05) is 42.5 Å². The van der Waals surface area contributed by atoms with Crippen molar-refractivity contribution >= 4 is 16.6 Å². The van der Waals surface area contributed by atoms with Crippen molar-refractivity contribution in [3.8, 4) is 5.75 Å². The molecule has 0 aliphatic heterocycles. The number of pyridine rings is 1. The summed E-state index contributed by atoms with van der Waals surface area (Å²) >= 11 is 0. The Morgan fingerprint density at radius 3 is 2.76 bits per heavy atom. The van der Waals surface area contributed by atoms with E-state index in [9.17, 15) is 10.2 Å². The summed E-state index contributed by atoms with van der Waals surface area (Å²) < 4.78 is 0. The van der Waals surface area contributed by atoms with Gasteiger partial charge in [0.25, 0.3) is 0 Å². The van der Waals surface area contributed by atoms with E-state index >= 15 is 0 Å². The first-order valence-electron chi connectivity index (χ1n) is 8.84. The van der Waals surface area contributed by atoms with Gasteiger partial charge in [0.2, 0.25) is 0 Å². The number of anilines is 1. The topological polar surface area (TPSA) is 65.4 Å². The Labute approximate surface area is 147 Å². The van der Waals surface area contributed by atoms with E-state index in [4.69, 9.17) is 4.98 Å².